The van der Waals surface area contributed by atoms with E-state index in [1.165, 1.54) is 31.2 Å². The van der Waals surface area contributed by atoms with E-state index in [0.29, 0.717) is 19.3 Å². The topological polar surface area (TPSA) is 41.6 Å². The molecule has 4 nitrogen and oxygen atoms in total. The van der Waals surface area contributed by atoms with E-state index in [9.17, 15) is 4.79 Å². The van der Waals surface area contributed by atoms with Crippen LogP contribution in [0.1, 0.15) is 50.3 Å². The minimum atomic E-state index is -0.250. The second kappa shape index (κ2) is 5.38. The first-order chi connectivity index (χ1) is 10.3. The summed E-state index contributed by atoms with van der Waals surface area (Å²) in [6, 6.07) is 2.11. The monoisotopic (exact) mass is 306 g/mol. The Kier molecular flexibility index (Phi) is 3.52. The fraction of sp³-hybridized carbons (Fsp3) is 0.688. The van der Waals surface area contributed by atoms with E-state index in [2.05, 4.69) is 22.1 Å². The summed E-state index contributed by atoms with van der Waals surface area (Å²) in [6.45, 7) is 1.36. The number of carbonyl (C=O) groups excluding carboxylic acids is 1. The molecule has 3 aliphatic rings. The van der Waals surface area contributed by atoms with E-state index in [1.54, 1.807) is 11.3 Å². The zero-order valence-electron chi connectivity index (χ0n) is 12.2. The molecule has 1 saturated heterocycles. The lowest BCUT2D eigenvalue weighted by Gasteiger charge is -2.24. The molecule has 2 heterocycles. The number of rotatable bonds is 5. The van der Waals surface area contributed by atoms with Crippen molar-refractivity contribution in [1.29, 1.82) is 0 Å². The Balaban J connectivity index is 1.41. The highest BCUT2D eigenvalue weighted by Gasteiger charge is 2.59. The highest BCUT2D eigenvalue weighted by atomic mass is 32.1. The zero-order valence-corrected chi connectivity index (χ0v) is 13.0. The molecular formula is C16H22N2O2S. The van der Waals surface area contributed by atoms with Crippen molar-refractivity contribution in [3.8, 4) is 0 Å². The number of amides is 1. The molecule has 4 rings (SSSR count). The lowest BCUT2D eigenvalue weighted by atomic mass is 10.2. The van der Waals surface area contributed by atoms with E-state index in [0.717, 1.165) is 12.8 Å². The van der Waals surface area contributed by atoms with Crippen molar-refractivity contribution in [3.05, 3.63) is 22.4 Å². The molecule has 2 aliphatic carbocycles. The standard InChI is InChI=1S/C16H22N2O2S/c19-15-16(6-7-16)17-14(12-5-10-21-11-12)18(15)8-9-20-13-3-1-2-4-13/h5,10-11,13-14,17H,1-4,6-9H2. The first kappa shape index (κ1) is 13.7. The molecule has 3 fully saturated rings. The Morgan fingerprint density at radius 3 is 2.86 bits per heavy atom. The fourth-order valence-electron chi connectivity index (χ4n) is 3.57. The van der Waals surface area contributed by atoms with Crippen LogP contribution < -0.4 is 5.32 Å². The summed E-state index contributed by atoms with van der Waals surface area (Å²) >= 11 is 1.69. The number of nitrogens with zero attached hydrogens (tertiary/aromatic N) is 1. The van der Waals surface area contributed by atoms with E-state index >= 15 is 0 Å². The summed E-state index contributed by atoms with van der Waals surface area (Å²) in [5.41, 5.74) is 0.956. The highest BCUT2D eigenvalue weighted by Crippen LogP contribution is 2.46. The van der Waals surface area contributed by atoms with Crippen LogP contribution in [0.15, 0.2) is 16.8 Å². The summed E-state index contributed by atoms with van der Waals surface area (Å²) in [6.07, 6.45) is 7.36. The van der Waals surface area contributed by atoms with Crippen LogP contribution in [0.4, 0.5) is 0 Å². The lowest BCUT2D eigenvalue weighted by molar-refractivity contribution is -0.131. The van der Waals surface area contributed by atoms with Gasteiger partial charge in [0, 0.05) is 6.54 Å². The molecule has 0 bridgehead atoms. The normalized spacial score (nSPS) is 27.9. The Bertz CT molecular complexity index is 506. The molecule has 1 unspecified atom stereocenters. The molecule has 1 aromatic rings. The largest absolute Gasteiger partial charge is 0.376 e. The molecule has 1 amide bonds. The summed E-state index contributed by atoms with van der Waals surface area (Å²) in [5.74, 6) is 0.272. The van der Waals surface area contributed by atoms with Gasteiger partial charge in [0.2, 0.25) is 5.91 Å². The van der Waals surface area contributed by atoms with Gasteiger partial charge in [0.25, 0.3) is 0 Å². The van der Waals surface area contributed by atoms with Gasteiger partial charge >= 0.3 is 0 Å². The van der Waals surface area contributed by atoms with Crippen LogP contribution in [0, 0.1) is 0 Å². The van der Waals surface area contributed by atoms with Crippen molar-refractivity contribution < 1.29 is 9.53 Å². The van der Waals surface area contributed by atoms with Crippen LogP contribution in [-0.4, -0.2) is 35.6 Å². The number of ether oxygens (including phenoxy) is 1. The summed E-state index contributed by atoms with van der Waals surface area (Å²) < 4.78 is 5.95. The Hall–Kier alpha value is -0.910. The van der Waals surface area contributed by atoms with E-state index in [-0.39, 0.29) is 17.6 Å². The van der Waals surface area contributed by atoms with Gasteiger partial charge in [0.15, 0.2) is 0 Å². The number of hydrogen-bond acceptors (Lipinski definition) is 4. The van der Waals surface area contributed by atoms with Gasteiger partial charge in [-0.05, 0) is 48.1 Å². The van der Waals surface area contributed by atoms with Gasteiger partial charge < -0.3 is 9.64 Å². The highest BCUT2D eigenvalue weighted by molar-refractivity contribution is 7.07. The predicted octanol–water partition coefficient (Wildman–Crippen LogP) is 2.67. The quantitative estimate of drug-likeness (QED) is 0.909. The molecule has 5 heteroatoms. The number of hydrogen-bond donors (Lipinski definition) is 1. The van der Waals surface area contributed by atoms with Gasteiger partial charge in [-0.3, -0.25) is 10.1 Å². The van der Waals surface area contributed by atoms with Gasteiger partial charge in [-0.2, -0.15) is 11.3 Å². The Labute approximate surface area is 129 Å². The molecule has 1 aliphatic heterocycles. The van der Waals surface area contributed by atoms with Crippen LogP contribution in [0.25, 0.3) is 0 Å². The minimum Gasteiger partial charge on any atom is -0.376 e. The second-order valence-electron chi connectivity index (χ2n) is 6.46. The maximum absolute atomic E-state index is 12.6. The average Bonchev–Trinajstić information content (AvgIpc) is 2.92. The van der Waals surface area contributed by atoms with Crippen LogP contribution in [-0.2, 0) is 9.53 Å². The van der Waals surface area contributed by atoms with Gasteiger partial charge in [-0.25, -0.2) is 0 Å². The van der Waals surface area contributed by atoms with Crippen LogP contribution >= 0.6 is 11.3 Å². The first-order valence-electron chi connectivity index (χ1n) is 8.01. The fourth-order valence-corrected chi connectivity index (χ4v) is 4.25. The molecule has 1 N–H and O–H groups in total. The van der Waals surface area contributed by atoms with E-state index in [4.69, 9.17) is 4.74 Å². The maximum atomic E-state index is 12.6. The predicted molar refractivity (Wildman–Crippen MR) is 82.1 cm³/mol. The molecule has 114 valence electrons. The molecule has 0 aromatic carbocycles. The third kappa shape index (κ3) is 2.51. The second-order valence-corrected chi connectivity index (χ2v) is 7.24. The smallest absolute Gasteiger partial charge is 0.244 e. The van der Waals surface area contributed by atoms with Crippen molar-refractivity contribution in [2.75, 3.05) is 13.2 Å². The number of carbonyl (C=O) groups is 1. The summed E-state index contributed by atoms with van der Waals surface area (Å²) in [5, 5.41) is 7.76. The Morgan fingerprint density at radius 2 is 2.19 bits per heavy atom. The van der Waals surface area contributed by atoms with Gasteiger partial charge in [-0.15, -0.1) is 0 Å². The van der Waals surface area contributed by atoms with Crippen molar-refractivity contribution in [2.24, 2.45) is 0 Å². The van der Waals surface area contributed by atoms with Gasteiger partial charge in [0.05, 0.1) is 12.7 Å². The third-order valence-electron chi connectivity index (χ3n) is 4.99. The van der Waals surface area contributed by atoms with Crippen molar-refractivity contribution >= 4 is 17.2 Å². The molecule has 1 spiro atoms. The van der Waals surface area contributed by atoms with E-state index in [1.807, 2.05) is 4.90 Å². The molecule has 21 heavy (non-hydrogen) atoms. The molecular weight excluding hydrogens is 284 g/mol. The third-order valence-corrected chi connectivity index (χ3v) is 5.69. The number of nitrogens with one attached hydrogen (secondary N) is 1. The van der Waals surface area contributed by atoms with Crippen LogP contribution in [0.5, 0.6) is 0 Å². The molecule has 1 aromatic heterocycles. The van der Waals surface area contributed by atoms with Crippen molar-refractivity contribution in [3.63, 3.8) is 0 Å². The maximum Gasteiger partial charge on any atom is 0.244 e. The van der Waals surface area contributed by atoms with Gasteiger partial charge in [0.1, 0.15) is 11.7 Å². The molecule has 2 saturated carbocycles. The van der Waals surface area contributed by atoms with E-state index < -0.39 is 0 Å². The lowest BCUT2D eigenvalue weighted by Crippen LogP contribution is -2.35. The summed E-state index contributed by atoms with van der Waals surface area (Å²) in [7, 11) is 0. The number of thiophene rings is 1. The SMILES string of the molecule is O=C1N(CCOC2CCCC2)C(c2ccsc2)NC12CC2. The van der Waals surface area contributed by atoms with Crippen LogP contribution in [0.3, 0.4) is 0 Å². The molecule has 1 atom stereocenters. The van der Waals surface area contributed by atoms with Gasteiger partial charge in [-0.1, -0.05) is 12.8 Å². The van der Waals surface area contributed by atoms with Crippen molar-refractivity contribution in [2.45, 2.75) is 56.3 Å². The van der Waals surface area contributed by atoms with Crippen molar-refractivity contribution in [1.82, 2.24) is 10.2 Å². The zero-order chi connectivity index (χ0) is 14.3. The molecule has 0 radical (unpaired) electrons. The van der Waals surface area contributed by atoms with Crippen LogP contribution in [0.2, 0.25) is 0 Å². The Morgan fingerprint density at radius 1 is 1.38 bits per heavy atom. The summed E-state index contributed by atoms with van der Waals surface area (Å²) in [4.78, 5) is 14.6. The first-order valence-corrected chi connectivity index (χ1v) is 8.95. The minimum absolute atomic E-state index is 0.0402. The average molecular weight is 306 g/mol.